The van der Waals surface area contributed by atoms with E-state index in [4.69, 9.17) is 19.2 Å². The quantitative estimate of drug-likeness (QED) is 0.260. The van der Waals surface area contributed by atoms with Gasteiger partial charge in [-0.15, -0.1) is 0 Å². The van der Waals surface area contributed by atoms with Crippen LogP contribution in [0.3, 0.4) is 0 Å². The average molecular weight is 838 g/mol. The van der Waals surface area contributed by atoms with Gasteiger partial charge < -0.3 is 0 Å². The third-order valence-corrected chi connectivity index (χ3v) is 11.6. The van der Waals surface area contributed by atoms with E-state index in [0.717, 1.165) is 32.6 Å². The summed E-state index contributed by atoms with van der Waals surface area (Å²) in [6, 6.07) is 0. The summed E-state index contributed by atoms with van der Waals surface area (Å²) in [5.41, 5.74) is -0.870. The Balaban J connectivity index is -0.000000244. The van der Waals surface area contributed by atoms with Crippen molar-refractivity contribution in [2.45, 2.75) is 292 Å². The molecule has 2 unspecified atom stereocenters. The zero-order valence-corrected chi connectivity index (χ0v) is 46.4. The highest BCUT2D eigenvalue weighted by molar-refractivity contribution is 4.80. The lowest BCUT2D eigenvalue weighted by molar-refractivity contribution is 0.121. The first-order valence-corrected chi connectivity index (χ1v) is 23.4. The second-order valence-corrected chi connectivity index (χ2v) is 26.1. The van der Waals surface area contributed by atoms with Gasteiger partial charge in [-0.25, -0.2) is 0 Å². The molecule has 0 heterocycles. The molecule has 2 aliphatic carbocycles. The van der Waals surface area contributed by atoms with Crippen molar-refractivity contribution < 1.29 is 19.2 Å². The fourth-order valence-electron chi connectivity index (χ4n) is 5.65. The fourth-order valence-corrected chi connectivity index (χ4v) is 5.65. The molecule has 0 heteroatoms. The summed E-state index contributed by atoms with van der Waals surface area (Å²) in [4.78, 5) is 0. The maximum absolute atomic E-state index is 8.27. The normalized spacial score (nSPS) is 24.1. The van der Waals surface area contributed by atoms with E-state index in [9.17, 15) is 0 Å². The van der Waals surface area contributed by atoms with Crippen LogP contribution in [0.1, 0.15) is 312 Å². The summed E-state index contributed by atoms with van der Waals surface area (Å²) >= 11 is 0. The van der Waals surface area contributed by atoms with Crippen LogP contribution in [0.25, 0.3) is 0 Å². The Labute approximate surface area is 395 Å². The molecule has 358 valence electrons. The topological polar surface area (TPSA) is 0 Å². The molecule has 0 bridgehead atoms. The molecule has 0 aliphatic heterocycles. The minimum absolute atomic E-state index is 0.0469. The third-order valence-electron chi connectivity index (χ3n) is 11.6. The van der Waals surface area contributed by atoms with E-state index in [-0.39, 0.29) is 62.0 Å². The minimum Gasteiger partial charge on any atom is -0.0651 e. The van der Waals surface area contributed by atoms with Crippen LogP contribution >= 0.6 is 0 Å². The maximum Gasteiger partial charge on any atom is 0.0311 e. The lowest BCUT2D eigenvalue weighted by Crippen LogP contribution is -2.29. The van der Waals surface area contributed by atoms with E-state index < -0.39 is 36.8 Å². The van der Waals surface area contributed by atoms with Gasteiger partial charge in [0, 0.05) is 19.2 Å². The van der Waals surface area contributed by atoms with Crippen LogP contribution in [0.2, 0.25) is 0 Å². The Morgan fingerprint density at radius 3 is 0.828 bits per heavy atom. The van der Waals surface area contributed by atoms with Gasteiger partial charge in [0.1, 0.15) is 0 Å². The summed E-state index contributed by atoms with van der Waals surface area (Å²) in [5.74, 6) is -2.93. The number of hydrogen-bond acceptors (Lipinski definition) is 0. The van der Waals surface area contributed by atoms with Gasteiger partial charge in [-0.2, -0.15) is 0 Å². The summed E-state index contributed by atoms with van der Waals surface area (Å²) < 4.78 is 106. The van der Waals surface area contributed by atoms with Crippen LogP contribution in [0.4, 0.5) is 0 Å². The number of hydrogen-bond donors (Lipinski definition) is 0. The second kappa shape index (κ2) is 28.6. The van der Waals surface area contributed by atoms with Crippen molar-refractivity contribution in [2.24, 2.45) is 84.6 Å². The SMILES string of the molecule is [2H]C(C)(C(C)(C)C)C(C)(C)C.[2H]C(C)(C(C)C)C(C)(C)C.[2H]C(C)(C)C(C)(C)C.[2H]C([2H])([2H])C(C)(C)C.[2H]C([2H])([2H])C([2H])(C([2H])([2H])C)C(C)(C)C.[2H]C1(C(C)(C)C)CCCC1.[2H]C1(C(C)(C)C)CCCCC1. The first kappa shape index (κ1) is 42.0. The van der Waals surface area contributed by atoms with E-state index in [1.807, 2.05) is 27.7 Å². The van der Waals surface area contributed by atoms with Gasteiger partial charge >= 0.3 is 0 Å². The Hall–Kier alpha value is 0. The predicted molar refractivity (Wildman–Crippen MR) is 277 cm³/mol. The lowest BCUT2D eigenvalue weighted by Gasteiger charge is -2.38. The van der Waals surface area contributed by atoms with Gasteiger partial charge in [0.15, 0.2) is 0 Å². The van der Waals surface area contributed by atoms with Crippen LogP contribution in [0.5, 0.6) is 0 Å². The van der Waals surface area contributed by atoms with Crippen molar-refractivity contribution in [1.82, 2.24) is 0 Å². The molecular weight excluding hydrogens is 697 g/mol. The molecule has 2 aliphatic rings. The molecule has 0 saturated heterocycles. The van der Waals surface area contributed by atoms with Gasteiger partial charge in [-0.05, 0) is 110 Å². The molecule has 0 N–H and O–H groups in total. The molecule has 2 fully saturated rings. The van der Waals surface area contributed by atoms with E-state index in [1.165, 1.54) is 32.1 Å². The van der Waals surface area contributed by atoms with Crippen molar-refractivity contribution in [3.63, 3.8) is 0 Å². The highest BCUT2D eigenvalue weighted by Gasteiger charge is 2.30. The van der Waals surface area contributed by atoms with E-state index in [2.05, 4.69) is 138 Å². The van der Waals surface area contributed by atoms with E-state index in [0.29, 0.717) is 5.92 Å². The Morgan fingerprint density at radius 2 is 0.759 bits per heavy atom. The van der Waals surface area contributed by atoms with E-state index in [1.54, 1.807) is 41.5 Å². The van der Waals surface area contributed by atoms with Crippen molar-refractivity contribution in [3.05, 3.63) is 0 Å². The molecule has 0 spiro atoms. The predicted octanol–water partition coefficient (Wildman–Crippen LogP) is 21.7. The molecule has 2 saturated carbocycles. The third kappa shape index (κ3) is 42.7. The summed E-state index contributed by atoms with van der Waals surface area (Å²) in [5, 5.41) is 0. The van der Waals surface area contributed by atoms with Crippen LogP contribution in [-0.4, -0.2) is 0 Å². The van der Waals surface area contributed by atoms with Gasteiger partial charge in [0.05, 0.1) is 0 Å². The average Bonchev–Trinajstić information content (AvgIpc) is 3.53. The Bertz CT molecular complexity index is 1350. The second-order valence-electron chi connectivity index (χ2n) is 26.1. The van der Waals surface area contributed by atoms with Crippen molar-refractivity contribution in [2.75, 3.05) is 0 Å². The van der Waals surface area contributed by atoms with Crippen LogP contribution in [-0.2, 0) is 0 Å². The zero-order chi connectivity index (χ0) is 60.4. The number of rotatable bonds is 2. The maximum atomic E-state index is 8.27. The standard InChI is InChI=1S/C10H20.C10H22.C9H18.C9H20.C8H18.C7H16.C5H12/c1-10(2,3)9-7-5-4-6-8-9;1-8(9(2,3)4)10(5,6)7;1-9(2,3)8-6-4-5-7-8;1-7(2)8(3)9(4,5)6;1-6-7(2)8(3,4)5;1-6(2)7(3,4)5;1-5(2,3)4/h9H,4-8H2,1-3H3;8H,1-7H3;8H,4-7H2,1-3H3;7-8H,1-6H3;7H,6H2,1-5H3;6H,1-5H3;1-4H3/i9D;3*8D;2D3,6D2,7D;6D;1D3. The van der Waals surface area contributed by atoms with Crippen LogP contribution in [0.15, 0.2) is 0 Å². The Kier molecular flexibility index (Phi) is 20.7. The van der Waals surface area contributed by atoms with Crippen LogP contribution in [0, 0.1) is 84.6 Å². The summed E-state index contributed by atoms with van der Waals surface area (Å²) in [6.45, 7) is 57.2. The largest absolute Gasteiger partial charge is 0.0651 e. The molecule has 0 amide bonds. The smallest absolute Gasteiger partial charge is 0.0311 e. The highest BCUT2D eigenvalue weighted by atomic mass is 14.4. The molecule has 2 rings (SSSR count). The summed E-state index contributed by atoms with van der Waals surface area (Å²) in [6.07, 6.45) is 8.76. The molecular formula is C58H126. The van der Waals surface area contributed by atoms with Crippen LogP contribution < -0.4 is 0 Å². The molecule has 2 atom stereocenters. The fraction of sp³-hybridized carbons (Fsp3) is 1.00. The first-order valence-electron chi connectivity index (χ1n) is 30.4. The molecule has 0 nitrogen and oxygen atoms in total. The van der Waals surface area contributed by atoms with Crippen molar-refractivity contribution in [3.8, 4) is 0 Å². The highest BCUT2D eigenvalue weighted by Crippen LogP contribution is 2.40. The molecule has 58 heavy (non-hydrogen) atoms. The summed E-state index contributed by atoms with van der Waals surface area (Å²) in [7, 11) is 0. The van der Waals surface area contributed by atoms with Crippen molar-refractivity contribution >= 4 is 0 Å². The monoisotopic (exact) mass is 837 g/mol. The van der Waals surface area contributed by atoms with Gasteiger partial charge in [-0.1, -0.05) is 267 Å². The van der Waals surface area contributed by atoms with E-state index >= 15 is 0 Å². The minimum atomic E-state index is -2.64. The molecule has 0 aromatic heterocycles. The molecule has 0 aromatic rings. The molecule has 0 aromatic carbocycles. The zero-order valence-electron chi connectivity index (χ0n) is 60.4. The van der Waals surface area contributed by atoms with Gasteiger partial charge in [0.2, 0.25) is 0 Å². The van der Waals surface area contributed by atoms with Gasteiger partial charge in [0.25, 0.3) is 0 Å². The first-order chi connectivity index (χ1) is 30.4. The Morgan fingerprint density at radius 1 is 0.483 bits per heavy atom. The lowest BCUT2D eigenvalue weighted by atomic mass is 9.68. The molecule has 0 radical (unpaired) electrons. The van der Waals surface area contributed by atoms with Crippen molar-refractivity contribution in [1.29, 1.82) is 0 Å². The van der Waals surface area contributed by atoms with Gasteiger partial charge in [-0.3, -0.25) is 0 Å².